The zero-order valence-electron chi connectivity index (χ0n) is 11.8. The van der Waals surface area contributed by atoms with Crippen LogP contribution in [0.2, 0.25) is 10.0 Å². The largest absolute Gasteiger partial charge is 0.355 e. The lowest BCUT2D eigenvalue weighted by atomic mass is 10.3. The molecule has 0 aliphatic rings. The second-order valence-electron chi connectivity index (χ2n) is 5.04. The maximum absolute atomic E-state index is 11.4. The van der Waals surface area contributed by atoms with Gasteiger partial charge in [-0.1, -0.05) is 23.2 Å². The second-order valence-corrected chi connectivity index (χ2v) is 8.03. The van der Waals surface area contributed by atoms with Gasteiger partial charge in [0, 0.05) is 19.3 Å². The van der Waals surface area contributed by atoms with Gasteiger partial charge in [0.1, 0.15) is 15.7 Å². The normalized spacial score (nSPS) is 13.4. The highest BCUT2D eigenvalue weighted by Gasteiger charge is 2.17. The van der Waals surface area contributed by atoms with Crippen molar-refractivity contribution in [2.24, 2.45) is 0 Å². The predicted octanol–water partition coefficient (Wildman–Crippen LogP) is 2.81. The number of halogens is 2. The van der Waals surface area contributed by atoms with Crippen LogP contribution in [0.3, 0.4) is 0 Å². The quantitative estimate of drug-likeness (QED) is 0.850. The number of nitrogens with zero attached hydrogens (tertiary/aromatic N) is 3. The third-order valence-electron chi connectivity index (χ3n) is 3.14. The predicted molar refractivity (Wildman–Crippen MR) is 87.1 cm³/mol. The van der Waals surface area contributed by atoms with Crippen LogP contribution in [0.25, 0.3) is 11.0 Å². The average molecular weight is 348 g/mol. The van der Waals surface area contributed by atoms with Crippen LogP contribution in [0.1, 0.15) is 6.92 Å². The van der Waals surface area contributed by atoms with E-state index in [9.17, 15) is 8.42 Å². The summed E-state index contributed by atoms with van der Waals surface area (Å²) in [5.41, 5.74) is 1.25. The fourth-order valence-electron chi connectivity index (χ4n) is 1.94. The topological polar surface area (TPSA) is 63.2 Å². The Kier molecular flexibility index (Phi) is 4.60. The highest BCUT2D eigenvalue weighted by atomic mass is 35.5. The van der Waals surface area contributed by atoms with Gasteiger partial charge in [-0.05, 0) is 19.1 Å². The Hall–Kier alpha value is -1.11. The van der Waals surface area contributed by atoms with Crippen molar-refractivity contribution >= 4 is 49.9 Å². The summed E-state index contributed by atoms with van der Waals surface area (Å²) < 4.78 is 22.8. The van der Waals surface area contributed by atoms with E-state index in [0.29, 0.717) is 26.9 Å². The van der Waals surface area contributed by atoms with Crippen LogP contribution in [-0.2, 0) is 9.84 Å². The summed E-state index contributed by atoms with van der Waals surface area (Å²) in [4.78, 5) is 10.5. The van der Waals surface area contributed by atoms with Gasteiger partial charge in [0.2, 0.25) is 0 Å². The molecule has 0 N–H and O–H groups in total. The fraction of sp³-hybridized carbons (Fsp3) is 0.385. The van der Waals surface area contributed by atoms with Crippen molar-refractivity contribution in [3.05, 3.63) is 28.4 Å². The molecular formula is C13H15Cl2N3O2S. The number of rotatable bonds is 4. The Morgan fingerprint density at radius 1 is 1.24 bits per heavy atom. The zero-order valence-corrected chi connectivity index (χ0v) is 14.2. The van der Waals surface area contributed by atoms with Gasteiger partial charge in [-0.15, -0.1) is 0 Å². The zero-order chi connectivity index (χ0) is 15.8. The SMILES string of the molecule is CC(CS(C)(=O)=O)N(C)c1cnc2cc(Cl)c(Cl)cc2n1. The second kappa shape index (κ2) is 5.94. The monoisotopic (exact) mass is 347 g/mol. The molecule has 0 saturated heterocycles. The molecule has 2 rings (SSSR count). The van der Waals surface area contributed by atoms with Gasteiger partial charge in [0.05, 0.1) is 33.0 Å². The summed E-state index contributed by atoms with van der Waals surface area (Å²) in [6.07, 6.45) is 2.80. The van der Waals surface area contributed by atoms with Crippen LogP contribution in [-0.4, -0.2) is 43.5 Å². The van der Waals surface area contributed by atoms with E-state index in [1.54, 1.807) is 30.3 Å². The number of anilines is 1. The van der Waals surface area contributed by atoms with E-state index in [1.165, 1.54) is 6.26 Å². The van der Waals surface area contributed by atoms with E-state index in [-0.39, 0.29) is 11.8 Å². The molecule has 1 atom stereocenters. The Bertz CT molecular complexity index is 780. The molecule has 5 nitrogen and oxygen atoms in total. The van der Waals surface area contributed by atoms with Gasteiger partial charge in [0.25, 0.3) is 0 Å². The van der Waals surface area contributed by atoms with Crippen molar-refractivity contribution in [2.45, 2.75) is 13.0 Å². The van der Waals surface area contributed by atoms with Gasteiger partial charge in [0.15, 0.2) is 0 Å². The smallest absolute Gasteiger partial charge is 0.149 e. The lowest BCUT2D eigenvalue weighted by Crippen LogP contribution is -2.35. The van der Waals surface area contributed by atoms with Gasteiger partial charge >= 0.3 is 0 Å². The number of fused-ring (bicyclic) bond motifs is 1. The van der Waals surface area contributed by atoms with Crippen molar-refractivity contribution in [1.29, 1.82) is 0 Å². The number of benzene rings is 1. The van der Waals surface area contributed by atoms with Gasteiger partial charge in [-0.2, -0.15) is 0 Å². The van der Waals surface area contributed by atoms with Crippen molar-refractivity contribution in [3.8, 4) is 0 Å². The molecule has 0 fully saturated rings. The summed E-state index contributed by atoms with van der Waals surface area (Å²) >= 11 is 11.9. The minimum atomic E-state index is -3.06. The van der Waals surface area contributed by atoms with Crippen molar-refractivity contribution in [3.63, 3.8) is 0 Å². The van der Waals surface area contributed by atoms with Gasteiger partial charge in [-0.3, -0.25) is 4.98 Å². The molecule has 0 aliphatic heterocycles. The summed E-state index contributed by atoms with van der Waals surface area (Å²) in [6, 6.07) is 3.08. The van der Waals surface area contributed by atoms with E-state index in [2.05, 4.69) is 9.97 Å². The van der Waals surface area contributed by atoms with E-state index in [1.807, 2.05) is 6.92 Å². The summed E-state index contributed by atoms with van der Waals surface area (Å²) in [6.45, 7) is 1.82. The molecule has 1 aromatic carbocycles. The number of hydrogen-bond acceptors (Lipinski definition) is 5. The van der Waals surface area contributed by atoms with E-state index in [0.717, 1.165) is 0 Å². The van der Waals surface area contributed by atoms with Crippen molar-refractivity contribution < 1.29 is 8.42 Å². The number of aromatic nitrogens is 2. The first-order chi connectivity index (χ1) is 9.67. The fourth-order valence-corrected chi connectivity index (χ4v) is 3.36. The molecule has 1 aromatic heterocycles. The lowest BCUT2D eigenvalue weighted by molar-refractivity contribution is 0.592. The lowest BCUT2D eigenvalue weighted by Gasteiger charge is -2.25. The minimum absolute atomic E-state index is 0.0462. The van der Waals surface area contributed by atoms with E-state index >= 15 is 0 Å². The molecule has 114 valence electrons. The number of hydrogen-bond donors (Lipinski definition) is 0. The van der Waals surface area contributed by atoms with E-state index < -0.39 is 9.84 Å². The average Bonchev–Trinajstić information content (AvgIpc) is 2.36. The summed E-state index contributed by atoms with van der Waals surface area (Å²) in [7, 11) is -1.28. The molecule has 1 unspecified atom stereocenters. The van der Waals surface area contributed by atoms with E-state index in [4.69, 9.17) is 23.2 Å². The molecule has 0 aliphatic carbocycles. The molecular weight excluding hydrogens is 333 g/mol. The molecule has 1 heterocycles. The van der Waals surface area contributed by atoms with Crippen LogP contribution in [0.5, 0.6) is 0 Å². The van der Waals surface area contributed by atoms with Gasteiger partial charge in [-0.25, -0.2) is 13.4 Å². The molecule has 0 spiro atoms. The first-order valence-corrected chi connectivity index (χ1v) is 9.01. The Balaban J connectivity index is 2.36. The maximum Gasteiger partial charge on any atom is 0.149 e. The third kappa shape index (κ3) is 3.96. The van der Waals surface area contributed by atoms with Crippen LogP contribution < -0.4 is 4.90 Å². The Labute approximate surface area is 133 Å². The molecule has 0 amide bonds. The highest BCUT2D eigenvalue weighted by molar-refractivity contribution is 7.90. The van der Waals surface area contributed by atoms with Crippen LogP contribution in [0.4, 0.5) is 5.82 Å². The molecule has 21 heavy (non-hydrogen) atoms. The minimum Gasteiger partial charge on any atom is -0.355 e. The first kappa shape index (κ1) is 16.3. The van der Waals surface area contributed by atoms with Crippen LogP contribution in [0.15, 0.2) is 18.3 Å². The summed E-state index contributed by atoms with van der Waals surface area (Å²) in [5, 5.41) is 0.826. The number of sulfone groups is 1. The molecule has 8 heteroatoms. The Morgan fingerprint density at radius 3 is 2.38 bits per heavy atom. The first-order valence-electron chi connectivity index (χ1n) is 6.20. The summed E-state index contributed by atoms with van der Waals surface area (Å²) in [5.74, 6) is 0.627. The Morgan fingerprint density at radius 2 is 1.81 bits per heavy atom. The maximum atomic E-state index is 11.4. The van der Waals surface area contributed by atoms with Gasteiger partial charge < -0.3 is 4.90 Å². The molecule has 2 aromatic rings. The van der Waals surface area contributed by atoms with Crippen LogP contribution >= 0.6 is 23.2 Å². The highest BCUT2D eigenvalue weighted by Crippen LogP contribution is 2.27. The van der Waals surface area contributed by atoms with Crippen molar-refractivity contribution in [1.82, 2.24) is 9.97 Å². The third-order valence-corrected chi connectivity index (χ3v) is 4.95. The standard InChI is InChI=1S/C13H15Cl2N3O2S/c1-8(7-21(3,19)20)18(2)13-6-16-11-4-9(14)10(15)5-12(11)17-13/h4-6,8H,7H2,1-3H3. The molecule has 0 saturated carbocycles. The van der Waals surface area contributed by atoms with Crippen LogP contribution in [0, 0.1) is 0 Å². The van der Waals surface area contributed by atoms with Crippen molar-refractivity contribution in [2.75, 3.05) is 24.0 Å². The molecule has 0 bridgehead atoms. The molecule has 0 radical (unpaired) electrons.